The van der Waals surface area contributed by atoms with Gasteiger partial charge in [0.1, 0.15) is 5.82 Å². The summed E-state index contributed by atoms with van der Waals surface area (Å²) in [7, 11) is 0. The number of hydrogen-bond acceptors (Lipinski definition) is 4. The van der Waals surface area contributed by atoms with E-state index in [1.54, 1.807) is 18.2 Å². The molecule has 0 radical (unpaired) electrons. The molecule has 0 spiro atoms. The Kier molecular flexibility index (Phi) is 5.36. The second-order valence-corrected chi connectivity index (χ2v) is 5.89. The van der Waals surface area contributed by atoms with Gasteiger partial charge in [-0.3, -0.25) is 9.59 Å². The molecule has 1 unspecified atom stereocenters. The zero-order chi connectivity index (χ0) is 18.5. The molecule has 2 aromatic rings. The molecule has 0 aromatic heterocycles. The van der Waals surface area contributed by atoms with E-state index in [4.69, 9.17) is 14.6 Å². The van der Waals surface area contributed by atoms with Crippen LogP contribution in [0.25, 0.3) is 0 Å². The topological polar surface area (TPSA) is 84.9 Å². The number of ether oxygens (including phenoxy) is 2. The summed E-state index contributed by atoms with van der Waals surface area (Å²) in [6.45, 7) is 1.04. The lowest BCUT2D eigenvalue weighted by Crippen LogP contribution is -2.30. The molecule has 0 saturated carbocycles. The van der Waals surface area contributed by atoms with Crippen molar-refractivity contribution >= 4 is 11.9 Å². The third-order valence-corrected chi connectivity index (χ3v) is 3.97. The van der Waals surface area contributed by atoms with Crippen molar-refractivity contribution in [1.82, 2.24) is 5.32 Å². The molecule has 1 aliphatic rings. The Morgan fingerprint density at radius 2 is 1.77 bits per heavy atom. The van der Waals surface area contributed by atoms with Crippen molar-refractivity contribution in [3.05, 3.63) is 59.4 Å². The number of benzene rings is 2. The fourth-order valence-corrected chi connectivity index (χ4v) is 2.67. The van der Waals surface area contributed by atoms with Gasteiger partial charge in [0.15, 0.2) is 11.5 Å². The maximum absolute atomic E-state index is 13.1. The summed E-state index contributed by atoms with van der Waals surface area (Å²) < 4.78 is 24.2. The predicted molar refractivity (Wildman–Crippen MR) is 90.9 cm³/mol. The van der Waals surface area contributed by atoms with E-state index >= 15 is 0 Å². The van der Waals surface area contributed by atoms with Gasteiger partial charge in [0.2, 0.25) is 0 Å². The normalized spacial score (nSPS) is 14.2. The number of hydrogen-bond donors (Lipinski definition) is 2. The molecule has 2 N–H and O–H groups in total. The van der Waals surface area contributed by atoms with Crippen LogP contribution in [0.1, 0.15) is 34.8 Å². The number of carboxylic acids is 1. The number of amides is 1. The summed E-state index contributed by atoms with van der Waals surface area (Å²) >= 11 is 0. The van der Waals surface area contributed by atoms with Crippen LogP contribution in [0.4, 0.5) is 4.39 Å². The molecule has 1 atom stereocenters. The van der Waals surface area contributed by atoms with Gasteiger partial charge in [-0.2, -0.15) is 0 Å². The van der Waals surface area contributed by atoms with Gasteiger partial charge in [-0.15, -0.1) is 0 Å². The molecule has 1 aliphatic heterocycles. The van der Waals surface area contributed by atoms with Crippen LogP contribution in [0.15, 0.2) is 42.5 Å². The van der Waals surface area contributed by atoms with Gasteiger partial charge < -0.3 is 19.9 Å². The Labute approximate surface area is 149 Å². The van der Waals surface area contributed by atoms with Crippen LogP contribution in [0.3, 0.4) is 0 Å². The van der Waals surface area contributed by atoms with Crippen molar-refractivity contribution in [2.75, 3.05) is 13.2 Å². The van der Waals surface area contributed by atoms with E-state index in [0.717, 1.165) is 6.42 Å². The van der Waals surface area contributed by atoms with E-state index in [2.05, 4.69) is 5.32 Å². The first-order chi connectivity index (χ1) is 12.5. The molecule has 0 fully saturated rings. The molecule has 3 rings (SSSR count). The number of aliphatic carboxylic acids is 1. The number of carbonyl (C=O) groups excluding carboxylic acids is 1. The Morgan fingerprint density at radius 1 is 1.08 bits per heavy atom. The highest BCUT2D eigenvalue weighted by atomic mass is 19.1. The Morgan fingerprint density at radius 3 is 2.46 bits per heavy atom. The summed E-state index contributed by atoms with van der Waals surface area (Å²) in [5.74, 6) is -0.905. The van der Waals surface area contributed by atoms with Crippen LogP contribution in [0.2, 0.25) is 0 Å². The number of nitrogens with one attached hydrogen (secondary N) is 1. The minimum Gasteiger partial charge on any atom is -0.490 e. The van der Waals surface area contributed by atoms with Gasteiger partial charge in [0, 0.05) is 12.0 Å². The van der Waals surface area contributed by atoms with Gasteiger partial charge >= 0.3 is 5.97 Å². The van der Waals surface area contributed by atoms with Gasteiger partial charge in [-0.05, 0) is 35.9 Å². The van der Waals surface area contributed by atoms with Crippen molar-refractivity contribution < 1.29 is 28.6 Å². The average Bonchev–Trinajstić information content (AvgIpc) is 2.86. The van der Waals surface area contributed by atoms with Crippen LogP contribution in [-0.4, -0.2) is 30.2 Å². The molecular formula is C19H18FNO5. The van der Waals surface area contributed by atoms with E-state index in [0.29, 0.717) is 35.8 Å². The first kappa shape index (κ1) is 17.7. The van der Waals surface area contributed by atoms with E-state index in [1.807, 2.05) is 0 Å². The van der Waals surface area contributed by atoms with Crippen LogP contribution in [0, 0.1) is 5.82 Å². The molecule has 1 amide bonds. The molecule has 1 heterocycles. The third kappa shape index (κ3) is 4.30. The smallest absolute Gasteiger partial charge is 0.305 e. The lowest BCUT2D eigenvalue weighted by atomic mass is 10.0. The maximum Gasteiger partial charge on any atom is 0.305 e. The summed E-state index contributed by atoms with van der Waals surface area (Å²) in [5, 5.41) is 11.8. The quantitative estimate of drug-likeness (QED) is 0.857. The predicted octanol–water partition coefficient (Wildman–Crippen LogP) is 2.93. The molecular weight excluding hydrogens is 341 g/mol. The fraction of sp³-hybridized carbons (Fsp3) is 0.263. The first-order valence-electron chi connectivity index (χ1n) is 8.20. The Hall–Kier alpha value is -3.09. The zero-order valence-corrected chi connectivity index (χ0v) is 13.9. The average molecular weight is 359 g/mol. The van der Waals surface area contributed by atoms with Gasteiger partial charge in [0.25, 0.3) is 5.91 Å². The Balaban J connectivity index is 1.80. The molecule has 0 bridgehead atoms. The van der Waals surface area contributed by atoms with E-state index in [-0.39, 0.29) is 6.42 Å². The van der Waals surface area contributed by atoms with Crippen LogP contribution < -0.4 is 14.8 Å². The minimum atomic E-state index is -1.07. The number of carbonyl (C=O) groups is 2. The molecule has 0 aliphatic carbocycles. The van der Waals surface area contributed by atoms with Gasteiger partial charge in [-0.1, -0.05) is 12.1 Å². The fourth-order valence-electron chi connectivity index (χ4n) is 2.67. The van der Waals surface area contributed by atoms with Gasteiger partial charge in [0.05, 0.1) is 25.7 Å². The molecule has 2 aromatic carbocycles. The summed E-state index contributed by atoms with van der Waals surface area (Å²) in [5.41, 5.74) is 0.836. The first-order valence-corrected chi connectivity index (χ1v) is 8.20. The largest absolute Gasteiger partial charge is 0.490 e. The number of rotatable bonds is 5. The zero-order valence-electron chi connectivity index (χ0n) is 13.9. The number of carboxylic acid groups (broad SMARTS) is 1. The highest BCUT2D eigenvalue weighted by Gasteiger charge is 2.20. The molecule has 0 saturated heterocycles. The van der Waals surface area contributed by atoms with Crippen LogP contribution in [-0.2, 0) is 4.79 Å². The standard InChI is InChI=1S/C19H18FNO5/c20-14-5-2-12(3-6-14)15(11-18(22)23)21-19(24)13-4-7-16-17(10-13)26-9-1-8-25-16/h2-7,10,15H,1,8-9,11H2,(H,21,24)(H,22,23). The second-order valence-electron chi connectivity index (χ2n) is 5.89. The van der Waals surface area contributed by atoms with Crippen LogP contribution >= 0.6 is 0 Å². The van der Waals surface area contributed by atoms with Crippen molar-refractivity contribution in [2.45, 2.75) is 18.9 Å². The van der Waals surface area contributed by atoms with Crippen molar-refractivity contribution in [3.8, 4) is 11.5 Å². The van der Waals surface area contributed by atoms with E-state index in [1.165, 1.54) is 24.3 Å². The SMILES string of the molecule is O=C(O)CC(NC(=O)c1ccc2c(c1)OCCCO2)c1ccc(F)cc1. The Bertz CT molecular complexity index is 806. The lowest BCUT2D eigenvalue weighted by molar-refractivity contribution is -0.137. The number of fused-ring (bicyclic) bond motifs is 1. The monoisotopic (exact) mass is 359 g/mol. The molecule has 136 valence electrons. The highest BCUT2D eigenvalue weighted by Crippen LogP contribution is 2.30. The van der Waals surface area contributed by atoms with Gasteiger partial charge in [-0.25, -0.2) is 4.39 Å². The summed E-state index contributed by atoms with van der Waals surface area (Å²) in [4.78, 5) is 23.7. The van der Waals surface area contributed by atoms with E-state index in [9.17, 15) is 14.0 Å². The molecule has 26 heavy (non-hydrogen) atoms. The molecule has 7 heteroatoms. The summed E-state index contributed by atoms with van der Waals surface area (Å²) in [6, 6.07) is 9.39. The lowest BCUT2D eigenvalue weighted by Gasteiger charge is -2.18. The van der Waals surface area contributed by atoms with E-state index < -0.39 is 23.7 Å². The third-order valence-electron chi connectivity index (χ3n) is 3.97. The van der Waals surface area contributed by atoms with Crippen molar-refractivity contribution in [3.63, 3.8) is 0 Å². The van der Waals surface area contributed by atoms with Crippen LogP contribution in [0.5, 0.6) is 11.5 Å². The minimum absolute atomic E-state index is 0.318. The maximum atomic E-state index is 13.1. The van der Waals surface area contributed by atoms with Crippen molar-refractivity contribution in [2.24, 2.45) is 0 Å². The molecule has 6 nitrogen and oxygen atoms in total. The number of halogens is 1. The second kappa shape index (κ2) is 7.86. The van der Waals surface area contributed by atoms with Crippen molar-refractivity contribution in [1.29, 1.82) is 0 Å². The highest BCUT2D eigenvalue weighted by molar-refractivity contribution is 5.95. The summed E-state index contributed by atoms with van der Waals surface area (Å²) in [6.07, 6.45) is 0.434.